The van der Waals surface area contributed by atoms with Crippen molar-refractivity contribution >= 4 is 0 Å². The Morgan fingerprint density at radius 2 is 2.00 bits per heavy atom. The van der Waals surface area contributed by atoms with Crippen LogP contribution in [0, 0.1) is 29.6 Å². The largest absolute Gasteiger partial charge is 0.377 e. The van der Waals surface area contributed by atoms with Gasteiger partial charge in [0.1, 0.15) is 5.60 Å². The molecule has 0 aliphatic heterocycles. The van der Waals surface area contributed by atoms with E-state index < -0.39 is 5.60 Å². The average molecular weight is 280 g/mol. The van der Waals surface area contributed by atoms with E-state index in [0.717, 1.165) is 19.3 Å². The molecule has 1 nitrogen and oxygen atoms in total. The van der Waals surface area contributed by atoms with Gasteiger partial charge in [0.15, 0.2) is 0 Å². The molecule has 0 aromatic heterocycles. The standard InChI is InChI=1S/C20H24O/c1-3-20(21)13-11-18-17-9-8-14-6-4-5-7-15(14)16(17)10-12-19(18,20)2/h1,4-7,16-18,21H,8-13H2,2H3. The van der Waals surface area contributed by atoms with Crippen molar-refractivity contribution in [3.8, 4) is 12.3 Å². The van der Waals surface area contributed by atoms with Crippen LogP contribution in [0.25, 0.3) is 0 Å². The minimum atomic E-state index is -0.875. The summed E-state index contributed by atoms with van der Waals surface area (Å²) in [6.07, 6.45) is 12.3. The molecule has 2 fully saturated rings. The molecule has 1 N–H and O–H groups in total. The molecule has 110 valence electrons. The number of aliphatic hydroxyl groups is 1. The maximum atomic E-state index is 10.9. The van der Waals surface area contributed by atoms with Crippen LogP contribution in [0.5, 0.6) is 0 Å². The fourth-order valence-electron chi connectivity index (χ4n) is 5.78. The summed E-state index contributed by atoms with van der Waals surface area (Å²) in [4.78, 5) is 0. The quantitative estimate of drug-likeness (QED) is 0.714. The summed E-state index contributed by atoms with van der Waals surface area (Å²) < 4.78 is 0. The van der Waals surface area contributed by atoms with Crippen molar-refractivity contribution in [2.75, 3.05) is 0 Å². The highest BCUT2D eigenvalue weighted by Gasteiger charge is 2.60. The minimum Gasteiger partial charge on any atom is -0.377 e. The van der Waals surface area contributed by atoms with Gasteiger partial charge < -0.3 is 5.11 Å². The fourth-order valence-corrected chi connectivity index (χ4v) is 5.78. The van der Waals surface area contributed by atoms with Crippen molar-refractivity contribution in [2.45, 2.75) is 57.0 Å². The van der Waals surface area contributed by atoms with E-state index in [9.17, 15) is 5.11 Å². The van der Waals surface area contributed by atoms with E-state index in [1.165, 1.54) is 19.3 Å². The van der Waals surface area contributed by atoms with Gasteiger partial charge in [-0.2, -0.15) is 0 Å². The molecule has 5 atom stereocenters. The molecule has 21 heavy (non-hydrogen) atoms. The van der Waals surface area contributed by atoms with E-state index in [2.05, 4.69) is 37.1 Å². The molecule has 1 aromatic rings. The molecule has 4 rings (SSSR count). The Bertz CT molecular complexity index is 613. The molecule has 1 aromatic carbocycles. The number of hydrogen-bond donors (Lipinski definition) is 1. The van der Waals surface area contributed by atoms with Crippen molar-refractivity contribution in [1.82, 2.24) is 0 Å². The van der Waals surface area contributed by atoms with Gasteiger partial charge in [-0.3, -0.25) is 0 Å². The molecule has 0 bridgehead atoms. The van der Waals surface area contributed by atoms with Crippen molar-refractivity contribution in [1.29, 1.82) is 0 Å². The van der Waals surface area contributed by atoms with Crippen LogP contribution in [-0.4, -0.2) is 10.7 Å². The number of hydrogen-bond acceptors (Lipinski definition) is 1. The van der Waals surface area contributed by atoms with Crippen LogP contribution in [0.1, 0.15) is 56.1 Å². The monoisotopic (exact) mass is 280 g/mol. The highest BCUT2D eigenvalue weighted by molar-refractivity contribution is 5.36. The topological polar surface area (TPSA) is 20.2 Å². The van der Waals surface area contributed by atoms with Gasteiger partial charge in [-0.15, -0.1) is 6.42 Å². The summed E-state index contributed by atoms with van der Waals surface area (Å²) in [6, 6.07) is 8.98. The molecule has 3 aliphatic carbocycles. The fraction of sp³-hybridized carbons (Fsp3) is 0.600. The summed E-state index contributed by atoms with van der Waals surface area (Å²) in [7, 11) is 0. The van der Waals surface area contributed by atoms with E-state index >= 15 is 0 Å². The lowest BCUT2D eigenvalue weighted by molar-refractivity contribution is -0.0646. The molecular formula is C20H24O. The first-order valence-corrected chi connectivity index (χ1v) is 8.37. The number of aryl methyl sites for hydroxylation is 1. The van der Waals surface area contributed by atoms with Crippen LogP contribution >= 0.6 is 0 Å². The van der Waals surface area contributed by atoms with E-state index in [1.54, 1.807) is 11.1 Å². The average Bonchev–Trinajstić information content (AvgIpc) is 2.79. The third-order valence-corrected chi connectivity index (χ3v) is 7.03. The first-order valence-electron chi connectivity index (χ1n) is 8.37. The summed E-state index contributed by atoms with van der Waals surface area (Å²) >= 11 is 0. The number of terminal acetylenes is 1. The van der Waals surface area contributed by atoms with Crippen LogP contribution in [0.3, 0.4) is 0 Å². The zero-order valence-electron chi connectivity index (χ0n) is 12.8. The molecular weight excluding hydrogens is 256 g/mol. The summed E-state index contributed by atoms with van der Waals surface area (Å²) in [5.41, 5.74) is 2.17. The van der Waals surface area contributed by atoms with Crippen molar-refractivity contribution in [3.05, 3.63) is 35.4 Å². The molecule has 0 heterocycles. The number of rotatable bonds is 0. The molecule has 5 unspecified atom stereocenters. The van der Waals surface area contributed by atoms with E-state index in [0.29, 0.717) is 17.8 Å². The molecule has 0 spiro atoms. The zero-order chi connectivity index (χ0) is 14.7. The smallest absolute Gasteiger partial charge is 0.130 e. The molecule has 2 saturated carbocycles. The third kappa shape index (κ3) is 1.63. The second-order valence-corrected chi connectivity index (χ2v) is 7.61. The Morgan fingerprint density at radius 3 is 2.81 bits per heavy atom. The first-order chi connectivity index (χ1) is 10.1. The first kappa shape index (κ1) is 13.4. The van der Waals surface area contributed by atoms with Gasteiger partial charge >= 0.3 is 0 Å². The number of fused-ring (bicyclic) bond motifs is 5. The Labute approximate surface area is 127 Å². The lowest BCUT2D eigenvalue weighted by Gasteiger charge is -2.52. The predicted molar refractivity (Wildman–Crippen MR) is 84.8 cm³/mol. The zero-order valence-corrected chi connectivity index (χ0v) is 12.8. The van der Waals surface area contributed by atoms with Gasteiger partial charge in [-0.05, 0) is 67.4 Å². The van der Waals surface area contributed by atoms with E-state index in [1.807, 2.05) is 0 Å². The van der Waals surface area contributed by atoms with Gasteiger partial charge in [0, 0.05) is 5.41 Å². The Balaban J connectivity index is 1.73. The maximum Gasteiger partial charge on any atom is 0.130 e. The SMILES string of the molecule is C#CC1(O)CCC2C3CCc4ccccc4C3CCC21C. The van der Waals surface area contributed by atoms with Crippen LogP contribution in [-0.2, 0) is 6.42 Å². The van der Waals surface area contributed by atoms with Gasteiger partial charge in [-0.25, -0.2) is 0 Å². The molecule has 0 radical (unpaired) electrons. The van der Waals surface area contributed by atoms with Gasteiger partial charge in [0.05, 0.1) is 0 Å². The van der Waals surface area contributed by atoms with Crippen molar-refractivity contribution in [3.63, 3.8) is 0 Å². The van der Waals surface area contributed by atoms with Crippen molar-refractivity contribution < 1.29 is 5.11 Å². The molecule has 3 aliphatic rings. The maximum absolute atomic E-state index is 10.9. The Hall–Kier alpha value is -1.26. The summed E-state index contributed by atoms with van der Waals surface area (Å²) in [6.45, 7) is 2.25. The lowest BCUT2D eigenvalue weighted by atomic mass is 9.53. The molecule has 0 saturated heterocycles. The Kier molecular flexibility index (Phi) is 2.79. The summed E-state index contributed by atoms with van der Waals surface area (Å²) in [5, 5.41) is 10.9. The molecule has 1 heteroatoms. The van der Waals surface area contributed by atoms with Crippen LogP contribution in [0.15, 0.2) is 24.3 Å². The third-order valence-electron chi connectivity index (χ3n) is 7.03. The van der Waals surface area contributed by atoms with E-state index in [-0.39, 0.29) is 5.41 Å². The highest BCUT2D eigenvalue weighted by Crippen LogP contribution is 2.63. The number of benzene rings is 1. The van der Waals surface area contributed by atoms with Gasteiger partial charge in [-0.1, -0.05) is 37.1 Å². The molecule has 0 amide bonds. The second kappa shape index (κ2) is 4.37. The Morgan fingerprint density at radius 1 is 1.19 bits per heavy atom. The normalized spacial score (nSPS) is 44.3. The highest BCUT2D eigenvalue weighted by atomic mass is 16.3. The van der Waals surface area contributed by atoms with Crippen molar-refractivity contribution in [2.24, 2.45) is 17.3 Å². The predicted octanol–water partition coefficient (Wildman–Crippen LogP) is 3.91. The summed E-state index contributed by atoms with van der Waals surface area (Å²) in [5.74, 6) is 4.74. The lowest BCUT2D eigenvalue weighted by Crippen LogP contribution is -2.50. The van der Waals surface area contributed by atoms with Crippen LogP contribution in [0.2, 0.25) is 0 Å². The minimum absolute atomic E-state index is 0.0742. The van der Waals surface area contributed by atoms with E-state index in [4.69, 9.17) is 6.42 Å². The second-order valence-electron chi connectivity index (χ2n) is 7.61. The van der Waals surface area contributed by atoms with Gasteiger partial charge in [0.2, 0.25) is 0 Å². The van der Waals surface area contributed by atoms with Crippen LogP contribution in [0.4, 0.5) is 0 Å². The van der Waals surface area contributed by atoms with Gasteiger partial charge in [0.25, 0.3) is 0 Å². The van der Waals surface area contributed by atoms with Crippen LogP contribution < -0.4 is 0 Å².